The van der Waals surface area contributed by atoms with Crippen LogP contribution in [0.4, 0.5) is 0 Å². The van der Waals surface area contributed by atoms with Gasteiger partial charge in [-0.05, 0) is 6.92 Å². The zero-order valence-electron chi connectivity index (χ0n) is 10.8. The van der Waals surface area contributed by atoms with Crippen molar-refractivity contribution in [3.05, 3.63) is 0 Å². The number of nitrogens with two attached hydrogens (primary N) is 1. The van der Waals surface area contributed by atoms with E-state index in [1.54, 1.807) is 6.92 Å². The van der Waals surface area contributed by atoms with Gasteiger partial charge in [-0.15, -0.1) is 0 Å². The molecule has 0 aromatic heterocycles. The number of Topliss-reactive ketones (excluding diaryl/α,β-unsaturated/α-hetero) is 2. The molecule has 2 unspecified atom stereocenters. The zero-order valence-corrected chi connectivity index (χ0v) is 10.8. The highest BCUT2D eigenvalue weighted by molar-refractivity contribution is 5.84. The minimum absolute atomic E-state index is 0.00689. The Morgan fingerprint density at radius 2 is 1.56 bits per heavy atom. The molecule has 0 bridgehead atoms. The van der Waals surface area contributed by atoms with Crippen LogP contribution in [0, 0.1) is 11.8 Å². The smallest absolute Gasteiger partial charge is 0.163 e. The number of hydrogen-bond acceptors (Lipinski definition) is 4. The van der Waals surface area contributed by atoms with Gasteiger partial charge in [-0.1, -0.05) is 27.7 Å². The van der Waals surface area contributed by atoms with Crippen molar-refractivity contribution < 1.29 is 14.3 Å². The SMILES string of the molecule is CC(C)C(=O)CC(N)OC(C)C(=O)C(C)C. The van der Waals surface area contributed by atoms with Crippen molar-refractivity contribution in [1.82, 2.24) is 0 Å². The molecule has 0 aliphatic carbocycles. The lowest BCUT2D eigenvalue weighted by Crippen LogP contribution is -2.36. The highest BCUT2D eigenvalue weighted by atomic mass is 16.5. The van der Waals surface area contributed by atoms with Gasteiger partial charge in [-0.25, -0.2) is 0 Å². The van der Waals surface area contributed by atoms with Crippen LogP contribution in [0.1, 0.15) is 41.0 Å². The van der Waals surface area contributed by atoms with E-state index in [2.05, 4.69) is 0 Å². The highest BCUT2D eigenvalue weighted by Crippen LogP contribution is 2.08. The maximum absolute atomic E-state index is 11.5. The van der Waals surface area contributed by atoms with E-state index in [1.165, 1.54) is 0 Å². The second-order valence-electron chi connectivity index (χ2n) is 4.70. The zero-order chi connectivity index (χ0) is 12.9. The molecule has 2 atom stereocenters. The van der Waals surface area contributed by atoms with E-state index in [-0.39, 0.29) is 29.8 Å². The molecule has 0 aliphatic heterocycles. The third-order valence-electron chi connectivity index (χ3n) is 2.39. The summed E-state index contributed by atoms with van der Waals surface area (Å²) < 4.78 is 5.30. The molecule has 4 heteroatoms. The molecule has 0 radical (unpaired) electrons. The normalized spacial score (nSPS) is 15.2. The fraction of sp³-hybridized carbons (Fsp3) is 0.833. The van der Waals surface area contributed by atoms with E-state index < -0.39 is 12.3 Å². The second-order valence-corrected chi connectivity index (χ2v) is 4.70. The summed E-state index contributed by atoms with van der Waals surface area (Å²) >= 11 is 0. The van der Waals surface area contributed by atoms with Crippen molar-refractivity contribution in [2.24, 2.45) is 17.6 Å². The number of ether oxygens (including phenoxy) is 1. The summed E-state index contributed by atoms with van der Waals surface area (Å²) in [6, 6.07) is 0. The molecule has 0 fully saturated rings. The lowest BCUT2D eigenvalue weighted by molar-refractivity contribution is -0.139. The molecular formula is C12H23NO3. The first-order valence-electron chi connectivity index (χ1n) is 5.73. The van der Waals surface area contributed by atoms with Crippen molar-refractivity contribution in [3.8, 4) is 0 Å². The third kappa shape index (κ3) is 5.37. The highest BCUT2D eigenvalue weighted by Gasteiger charge is 2.21. The molecule has 4 nitrogen and oxygen atoms in total. The molecule has 0 aliphatic rings. The van der Waals surface area contributed by atoms with E-state index in [0.29, 0.717) is 0 Å². The largest absolute Gasteiger partial charge is 0.352 e. The quantitative estimate of drug-likeness (QED) is 0.672. The number of hydrogen-bond donors (Lipinski definition) is 1. The monoisotopic (exact) mass is 229 g/mol. The molecule has 0 saturated heterocycles. The molecule has 94 valence electrons. The van der Waals surface area contributed by atoms with Gasteiger partial charge in [0.15, 0.2) is 5.78 Å². The Hall–Kier alpha value is -0.740. The minimum atomic E-state index is -0.687. The molecule has 0 saturated carbocycles. The molecule has 0 aromatic rings. The predicted molar refractivity (Wildman–Crippen MR) is 62.8 cm³/mol. The van der Waals surface area contributed by atoms with Crippen LogP contribution in [0.3, 0.4) is 0 Å². The maximum atomic E-state index is 11.5. The van der Waals surface area contributed by atoms with E-state index in [0.717, 1.165) is 0 Å². The molecular weight excluding hydrogens is 206 g/mol. The van der Waals surface area contributed by atoms with Crippen LogP contribution in [-0.4, -0.2) is 23.9 Å². The molecule has 0 aromatic carbocycles. The predicted octanol–water partition coefficient (Wildman–Crippen LogP) is 1.52. The summed E-state index contributed by atoms with van der Waals surface area (Å²) in [7, 11) is 0. The molecule has 0 spiro atoms. The van der Waals surface area contributed by atoms with Crippen molar-refractivity contribution in [1.29, 1.82) is 0 Å². The van der Waals surface area contributed by atoms with Crippen molar-refractivity contribution in [2.75, 3.05) is 0 Å². The van der Waals surface area contributed by atoms with Crippen LogP contribution in [0.15, 0.2) is 0 Å². The Morgan fingerprint density at radius 1 is 1.06 bits per heavy atom. The molecule has 0 amide bonds. The fourth-order valence-electron chi connectivity index (χ4n) is 1.28. The Balaban J connectivity index is 4.10. The van der Waals surface area contributed by atoms with Gasteiger partial charge in [0.05, 0.1) is 0 Å². The van der Waals surface area contributed by atoms with Gasteiger partial charge >= 0.3 is 0 Å². The van der Waals surface area contributed by atoms with Gasteiger partial charge < -0.3 is 10.5 Å². The molecule has 2 N–H and O–H groups in total. The van der Waals surface area contributed by atoms with Gasteiger partial charge in [0, 0.05) is 18.3 Å². The topological polar surface area (TPSA) is 69.4 Å². The Labute approximate surface area is 97.5 Å². The average molecular weight is 229 g/mol. The van der Waals surface area contributed by atoms with Gasteiger partial charge in [0.25, 0.3) is 0 Å². The summed E-state index contributed by atoms with van der Waals surface area (Å²) in [5, 5.41) is 0. The standard InChI is InChI=1S/C12H23NO3/c1-7(2)10(14)6-11(13)16-9(5)12(15)8(3)4/h7-9,11H,6,13H2,1-5H3. The Kier molecular flexibility index (Phi) is 6.45. The lowest BCUT2D eigenvalue weighted by Gasteiger charge is -2.19. The van der Waals surface area contributed by atoms with E-state index in [1.807, 2.05) is 27.7 Å². The number of rotatable bonds is 7. The van der Waals surface area contributed by atoms with Crippen molar-refractivity contribution in [3.63, 3.8) is 0 Å². The van der Waals surface area contributed by atoms with Gasteiger partial charge in [0.1, 0.15) is 18.1 Å². The fourth-order valence-corrected chi connectivity index (χ4v) is 1.28. The first-order valence-corrected chi connectivity index (χ1v) is 5.73. The molecule has 16 heavy (non-hydrogen) atoms. The van der Waals surface area contributed by atoms with Crippen LogP contribution in [0.25, 0.3) is 0 Å². The van der Waals surface area contributed by atoms with Crippen LogP contribution in [0.2, 0.25) is 0 Å². The van der Waals surface area contributed by atoms with Crippen LogP contribution in [0.5, 0.6) is 0 Å². The third-order valence-corrected chi connectivity index (χ3v) is 2.39. The Morgan fingerprint density at radius 3 is 1.94 bits per heavy atom. The van der Waals surface area contributed by atoms with Crippen LogP contribution < -0.4 is 5.73 Å². The number of ketones is 2. The molecule has 0 heterocycles. The number of carbonyl (C=O) groups is 2. The van der Waals surface area contributed by atoms with E-state index in [4.69, 9.17) is 10.5 Å². The van der Waals surface area contributed by atoms with Gasteiger partial charge in [0.2, 0.25) is 0 Å². The maximum Gasteiger partial charge on any atom is 0.163 e. The molecule has 0 rings (SSSR count). The minimum Gasteiger partial charge on any atom is -0.352 e. The summed E-state index contributed by atoms with van der Waals surface area (Å²) in [4.78, 5) is 22.9. The summed E-state index contributed by atoms with van der Waals surface area (Å²) in [6.45, 7) is 8.93. The van der Waals surface area contributed by atoms with Crippen LogP contribution >= 0.6 is 0 Å². The first-order chi connectivity index (χ1) is 7.25. The summed E-state index contributed by atoms with van der Waals surface area (Å²) in [5.41, 5.74) is 5.66. The average Bonchev–Trinajstić information content (AvgIpc) is 2.15. The summed E-state index contributed by atoms with van der Waals surface area (Å²) in [5.74, 6) is -0.0714. The van der Waals surface area contributed by atoms with Gasteiger partial charge in [-0.2, -0.15) is 0 Å². The second kappa shape index (κ2) is 6.76. The van der Waals surface area contributed by atoms with Gasteiger partial charge in [-0.3, -0.25) is 9.59 Å². The lowest BCUT2D eigenvalue weighted by atomic mass is 10.0. The first kappa shape index (κ1) is 15.3. The summed E-state index contributed by atoms with van der Waals surface area (Å²) in [6.07, 6.45) is -1.07. The Bertz CT molecular complexity index is 249. The van der Waals surface area contributed by atoms with E-state index >= 15 is 0 Å². The van der Waals surface area contributed by atoms with Crippen molar-refractivity contribution >= 4 is 11.6 Å². The van der Waals surface area contributed by atoms with Crippen LogP contribution in [-0.2, 0) is 14.3 Å². The van der Waals surface area contributed by atoms with Crippen molar-refractivity contribution in [2.45, 2.75) is 53.4 Å². The van der Waals surface area contributed by atoms with E-state index in [9.17, 15) is 9.59 Å². The number of carbonyl (C=O) groups excluding carboxylic acids is 2.